The lowest BCUT2D eigenvalue weighted by Crippen LogP contribution is -2.29. The van der Waals surface area contributed by atoms with E-state index >= 15 is 0 Å². The number of hydrogen-bond acceptors (Lipinski definition) is 17. The van der Waals surface area contributed by atoms with Gasteiger partial charge in [0.2, 0.25) is 11.9 Å². The molecule has 0 aliphatic carbocycles. The van der Waals surface area contributed by atoms with Crippen molar-refractivity contribution >= 4 is 154 Å². The molecule has 0 atom stereocenters. The summed E-state index contributed by atoms with van der Waals surface area (Å²) in [5.74, 6) is -0.131. The summed E-state index contributed by atoms with van der Waals surface area (Å²) in [6, 6.07) is 23.4. The Labute approximate surface area is 461 Å². The Hall–Kier alpha value is -6.41. The molecule has 0 aliphatic heterocycles. The molecule has 0 spiro atoms. The van der Waals surface area contributed by atoms with Crippen molar-refractivity contribution in [2.45, 2.75) is 32.9 Å². The van der Waals surface area contributed by atoms with Gasteiger partial charge in [-0.2, -0.15) is 57.0 Å². The summed E-state index contributed by atoms with van der Waals surface area (Å²) in [5, 5.41) is 55.0. The Kier molecular flexibility index (Phi) is 23.4. The van der Waals surface area contributed by atoms with Gasteiger partial charge in [-0.3, -0.25) is 10.1 Å². The molecule has 0 saturated carbocycles. The lowest BCUT2D eigenvalue weighted by atomic mass is 9.80. The Balaban J connectivity index is 0.000000243. The second kappa shape index (κ2) is 28.6. The molecule has 396 valence electrons. The van der Waals surface area contributed by atoms with Crippen LogP contribution in [0.3, 0.4) is 0 Å². The van der Waals surface area contributed by atoms with Crippen molar-refractivity contribution in [3.63, 3.8) is 0 Å². The molecule has 0 unspecified atom stereocenters. The maximum atomic E-state index is 13.2. The molecular weight excluding hydrogens is 1200 g/mol. The zero-order valence-electron chi connectivity index (χ0n) is 36.9. The molecule has 8 rings (SSSR count). The molecule has 0 fully saturated rings. The first-order chi connectivity index (χ1) is 35.6. The van der Waals surface area contributed by atoms with Crippen LogP contribution in [0, 0.1) is 32.8 Å². The number of nitrogens with two attached hydrogens (primary N) is 3. The minimum atomic E-state index is -4.86. The third-order valence-corrected chi connectivity index (χ3v) is 23.0. The Morgan fingerprint density at radius 2 is 1.20 bits per heavy atom. The van der Waals surface area contributed by atoms with Crippen LogP contribution in [0.4, 0.5) is 49.6 Å². The number of nitro benzene ring substituents is 1. The summed E-state index contributed by atoms with van der Waals surface area (Å²) in [6.07, 6.45) is -6.55. The summed E-state index contributed by atoms with van der Waals surface area (Å²) in [5.41, 5.74) is 16.7. The highest BCUT2D eigenvalue weighted by Crippen LogP contribution is 2.37. The summed E-state index contributed by atoms with van der Waals surface area (Å²) in [7, 11) is 9.40. The number of nitrogens with zero attached hydrogens (tertiary/aromatic N) is 11. The molecule has 0 aliphatic rings. The van der Waals surface area contributed by atoms with E-state index in [0.717, 1.165) is 12.1 Å². The summed E-state index contributed by atoms with van der Waals surface area (Å²) >= 11 is 15.2. The standard InChI is InChI=1S/C20H14F3N7.C13H8ClF3N6O2.C7H6BNO2.CH4.S9/c21-20(22,23)15-7-12(4-5-16(15)25)10-30-18-14(9-27-30)17(28-19(26)29-18)13-3-1-2-11(6-13)8-24;14-10-7-4-19-22(11(7)21-12(18)20-10)5-6-1-2-9(23(24)25)8(3-6)13(15,16)17;9-5-6-2-1-3-7(4-6)8(10)11;;1-3-5-7-9-8-6-4-2/h1-7,9H,10,25H2,(H2,26,28,29);1-4H,5H2,(H2,18,20,21);1-4,10-11H;1H4;. The van der Waals surface area contributed by atoms with E-state index in [-0.39, 0.29) is 54.5 Å². The summed E-state index contributed by atoms with van der Waals surface area (Å²) < 4.78 is 81.3. The Morgan fingerprint density at radius 3 is 1.74 bits per heavy atom. The number of benzene rings is 4. The predicted molar refractivity (Wildman–Crippen MR) is 301 cm³/mol. The van der Waals surface area contributed by atoms with E-state index in [1.807, 2.05) is 6.07 Å². The van der Waals surface area contributed by atoms with E-state index < -0.39 is 41.2 Å². The van der Waals surface area contributed by atoms with Crippen molar-refractivity contribution in [3.8, 4) is 23.4 Å². The monoisotopic (exact) mass is 1230 g/mol. The number of nitrogen functional groups attached to an aromatic ring is 3. The number of nitriles is 2. The minimum Gasteiger partial charge on any atom is -0.423 e. The van der Waals surface area contributed by atoms with Gasteiger partial charge in [-0.15, -0.1) is 0 Å². The SMILES string of the molecule is C.N#Cc1cccc(-c2nc(N)nc3c2cnn3Cc2ccc(N)c(C(F)(F)F)c2)c1.N#Cc1cccc(B(O)O)c1.Nc1nc(Cl)c2cnn(Cc3ccc([N+](=O)[O-])c(C(F)(F)F)c3)c2n1.S=S=S=S=S=S=S=S=S. The van der Waals surface area contributed by atoms with Gasteiger partial charge in [-0.1, -0.05) is 55.4 Å². The number of fused-ring (bicyclic) bond motifs is 2. The number of alkyl halides is 6. The zero-order valence-corrected chi connectivity index (χ0v) is 45.0. The molecule has 0 bridgehead atoms. The molecule has 0 amide bonds. The van der Waals surface area contributed by atoms with Crippen molar-refractivity contribution in [2.75, 3.05) is 17.2 Å². The van der Waals surface area contributed by atoms with Crippen LogP contribution in [0.2, 0.25) is 5.15 Å². The van der Waals surface area contributed by atoms with Gasteiger partial charge in [0.25, 0.3) is 5.69 Å². The van der Waals surface area contributed by atoms with Crippen LogP contribution in [-0.4, -0.2) is 61.6 Å². The lowest BCUT2D eigenvalue weighted by molar-refractivity contribution is -0.388. The van der Waals surface area contributed by atoms with Crippen LogP contribution in [0.5, 0.6) is 0 Å². The number of anilines is 3. The molecular formula is C41H32BClF6N14O4S9. The van der Waals surface area contributed by atoms with Gasteiger partial charge in [0.15, 0.2) is 11.3 Å². The van der Waals surface area contributed by atoms with Gasteiger partial charge in [0.05, 0.1) is 75.7 Å². The van der Waals surface area contributed by atoms with Gasteiger partial charge in [-0.25, -0.2) is 19.3 Å². The molecule has 4 aromatic heterocycles. The lowest BCUT2D eigenvalue weighted by Gasteiger charge is -2.12. The number of hydrogen-bond donors (Lipinski definition) is 5. The van der Waals surface area contributed by atoms with Gasteiger partial charge in [0, 0.05) is 102 Å². The normalized spacial score (nSPS) is 10.5. The van der Waals surface area contributed by atoms with Gasteiger partial charge < -0.3 is 27.2 Å². The summed E-state index contributed by atoms with van der Waals surface area (Å²) in [4.78, 5) is 25.9. The van der Waals surface area contributed by atoms with Crippen molar-refractivity contribution in [1.82, 2.24) is 39.5 Å². The molecule has 76 heavy (non-hydrogen) atoms. The van der Waals surface area contributed by atoms with Crippen LogP contribution in [0.15, 0.2) is 97.3 Å². The van der Waals surface area contributed by atoms with Crippen LogP contribution >= 0.6 is 11.6 Å². The third kappa shape index (κ3) is 17.3. The first kappa shape index (κ1) is 62.1. The Morgan fingerprint density at radius 1 is 0.697 bits per heavy atom. The quantitative estimate of drug-likeness (QED) is 0.0285. The van der Waals surface area contributed by atoms with E-state index in [9.17, 15) is 36.5 Å². The second-order valence-electron chi connectivity index (χ2n) is 14.2. The van der Waals surface area contributed by atoms with E-state index in [1.54, 1.807) is 86.9 Å². The second-order valence-corrected chi connectivity index (χ2v) is 26.9. The third-order valence-electron chi connectivity index (χ3n) is 9.38. The van der Waals surface area contributed by atoms with Crippen LogP contribution < -0.4 is 22.7 Å². The van der Waals surface area contributed by atoms with Gasteiger partial charge >= 0.3 is 19.5 Å². The fraction of sp³-hybridized carbons (Fsp3) is 0.122. The average molecular weight is 1230 g/mol. The van der Waals surface area contributed by atoms with E-state index in [0.29, 0.717) is 55.9 Å². The molecule has 18 nitrogen and oxygen atoms in total. The number of rotatable bonds is 7. The fourth-order valence-corrected chi connectivity index (χ4v) is 20.2. The van der Waals surface area contributed by atoms with E-state index in [4.69, 9.17) is 49.4 Å². The van der Waals surface area contributed by atoms with Crippen molar-refractivity contribution < 1.29 is 41.3 Å². The first-order valence-electron chi connectivity index (χ1n) is 19.8. The molecule has 0 radical (unpaired) electrons. The predicted octanol–water partition coefficient (Wildman–Crippen LogP) is 6.49. The molecule has 8 N–H and O–H groups in total. The van der Waals surface area contributed by atoms with Crippen molar-refractivity contribution in [1.29, 1.82) is 10.5 Å². The maximum absolute atomic E-state index is 13.2. The smallest absolute Gasteiger partial charge is 0.423 e. The molecule has 8 aromatic rings. The highest BCUT2D eigenvalue weighted by atomic mass is 35.5. The average Bonchev–Trinajstić information content (AvgIpc) is 3.97. The zero-order chi connectivity index (χ0) is 55.0. The van der Waals surface area contributed by atoms with Crippen molar-refractivity contribution in [2.24, 2.45) is 0 Å². The number of aromatic nitrogens is 8. The van der Waals surface area contributed by atoms with Crippen LogP contribution in [-0.2, 0) is 110 Å². The first-order valence-corrected chi connectivity index (χ1v) is 30.8. The number of halogens is 7. The topological polar surface area (TPSA) is 296 Å². The van der Waals surface area contributed by atoms with Gasteiger partial charge in [-0.05, 0) is 59.1 Å². The summed E-state index contributed by atoms with van der Waals surface area (Å²) in [6.45, 7) is -0.0850. The molecule has 4 heterocycles. The Bertz CT molecular complexity index is 3830. The number of nitro groups is 1. The maximum Gasteiger partial charge on any atom is 0.488 e. The highest BCUT2D eigenvalue weighted by molar-refractivity contribution is 8.72. The highest BCUT2D eigenvalue weighted by Gasteiger charge is 2.38. The fourth-order valence-electron chi connectivity index (χ4n) is 6.28. The van der Waals surface area contributed by atoms with Crippen LogP contribution in [0.1, 0.15) is 40.8 Å². The molecule has 0 saturated heterocycles. The molecule has 4 aromatic carbocycles. The largest absolute Gasteiger partial charge is 0.488 e. The van der Waals surface area contributed by atoms with Gasteiger partial charge in [0.1, 0.15) is 10.7 Å². The molecule has 35 heteroatoms. The van der Waals surface area contributed by atoms with E-state index in [2.05, 4.69) is 58.6 Å². The van der Waals surface area contributed by atoms with E-state index in [1.165, 1.54) is 63.8 Å². The van der Waals surface area contributed by atoms with Crippen LogP contribution in [0.25, 0.3) is 33.3 Å². The minimum absolute atomic E-state index is 0. The van der Waals surface area contributed by atoms with Crippen molar-refractivity contribution in [3.05, 3.63) is 146 Å².